The third-order valence-electron chi connectivity index (χ3n) is 2.96. The van der Waals surface area contributed by atoms with E-state index < -0.39 is 0 Å². The molecule has 0 heterocycles. The van der Waals surface area contributed by atoms with Crippen LogP contribution >= 0.6 is 12.6 Å². The molecule has 4 heteroatoms. The Balaban J connectivity index is 1.88. The molecule has 0 unspecified atom stereocenters. The average Bonchev–Trinajstić information content (AvgIpc) is 2.20. The molecule has 1 aliphatic carbocycles. The quantitative estimate of drug-likeness (QED) is 0.487. The van der Waals surface area contributed by atoms with E-state index in [0.29, 0.717) is 31.8 Å². The molecule has 0 aromatic rings. The fourth-order valence-corrected chi connectivity index (χ4v) is 2.08. The Hall–Kier alpha value is 0.230. The van der Waals surface area contributed by atoms with E-state index in [9.17, 15) is 0 Å². The van der Waals surface area contributed by atoms with E-state index in [1.165, 1.54) is 19.3 Å². The SMILES string of the molecule is COCCOCCOCC1(CS)CCC1. The van der Waals surface area contributed by atoms with Gasteiger partial charge in [0.05, 0.1) is 33.0 Å². The molecule has 0 aromatic heterocycles. The van der Waals surface area contributed by atoms with Crippen molar-refractivity contribution in [1.29, 1.82) is 0 Å². The standard InChI is InChI=1S/C11H22O3S/c1-12-5-6-13-7-8-14-9-11(10-15)3-2-4-11/h15H,2-10H2,1H3. The molecule has 1 aliphatic rings. The van der Waals surface area contributed by atoms with Crippen molar-refractivity contribution >= 4 is 12.6 Å². The summed E-state index contributed by atoms with van der Waals surface area (Å²) in [5.41, 5.74) is 0.371. The Morgan fingerprint density at radius 2 is 1.73 bits per heavy atom. The van der Waals surface area contributed by atoms with Crippen LogP contribution in [0, 0.1) is 5.41 Å². The number of thiol groups is 1. The second-order valence-corrected chi connectivity index (χ2v) is 4.49. The topological polar surface area (TPSA) is 27.7 Å². The molecule has 0 spiro atoms. The van der Waals surface area contributed by atoms with Gasteiger partial charge in [0.2, 0.25) is 0 Å². The second kappa shape index (κ2) is 7.49. The monoisotopic (exact) mass is 234 g/mol. The first-order valence-electron chi connectivity index (χ1n) is 5.58. The number of hydrogen-bond donors (Lipinski definition) is 1. The van der Waals surface area contributed by atoms with E-state index in [0.717, 1.165) is 12.4 Å². The van der Waals surface area contributed by atoms with Crippen molar-refractivity contribution in [2.24, 2.45) is 5.41 Å². The summed E-state index contributed by atoms with van der Waals surface area (Å²) in [6.07, 6.45) is 3.86. The van der Waals surface area contributed by atoms with Crippen LogP contribution < -0.4 is 0 Å². The van der Waals surface area contributed by atoms with Crippen LogP contribution in [0.5, 0.6) is 0 Å². The molecule has 0 radical (unpaired) electrons. The smallest absolute Gasteiger partial charge is 0.0701 e. The Morgan fingerprint density at radius 3 is 2.27 bits per heavy atom. The van der Waals surface area contributed by atoms with E-state index in [-0.39, 0.29) is 0 Å². The molecular formula is C11H22O3S. The summed E-state index contributed by atoms with van der Waals surface area (Å²) >= 11 is 4.38. The van der Waals surface area contributed by atoms with Gasteiger partial charge in [-0.15, -0.1) is 0 Å². The predicted octanol–water partition coefficient (Wildman–Crippen LogP) is 1.77. The minimum atomic E-state index is 0.371. The molecule has 0 N–H and O–H groups in total. The van der Waals surface area contributed by atoms with Gasteiger partial charge in [0, 0.05) is 12.5 Å². The lowest BCUT2D eigenvalue weighted by Gasteiger charge is -2.40. The highest BCUT2D eigenvalue weighted by Crippen LogP contribution is 2.41. The molecule has 0 amide bonds. The van der Waals surface area contributed by atoms with Crippen LogP contribution in [0.2, 0.25) is 0 Å². The third-order valence-corrected chi connectivity index (χ3v) is 3.63. The van der Waals surface area contributed by atoms with E-state index >= 15 is 0 Å². The van der Waals surface area contributed by atoms with Gasteiger partial charge in [-0.05, 0) is 18.6 Å². The summed E-state index contributed by atoms with van der Waals surface area (Å²) in [4.78, 5) is 0. The largest absolute Gasteiger partial charge is 0.382 e. The molecular weight excluding hydrogens is 212 g/mol. The second-order valence-electron chi connectivity index (χ2n) is 4.17. The highest BCUT2D eigenvalue weighted by molar-refractivity contribution is 7.80. The van der Waals surface area contributed by atoms with E-state index in [4.69, 9.17) is 14.2 Å². The zero-order valence-corrected chi connectivity index (χ0v) is 10.4. The van der Waals surface area contributed by atoms with E-state index in [1.807, 2.05) is 0 Å². The third kappa shape index (κ3) is 4.72. The summed E-state index contributed by atoms with van der Waals surface area (Å²) in [6.45, 7) is 3.48. The summed E-state index contributed by atoms with van der Waals surface area (Å²) in [5, 5.41) is 0. The normalized spacial score (nSPS) is 18.8. The lowest BCUT2D eigenvalue weighted by atomic mass is 9.71. The van der Waals surface area contributed by atoms with Crippen molar-refractivity contribution in [1.82, 2.24) is 0 Å². The zero-order valence-electron chi connectivity index (χ0n) is 9.54. The Labute approximate surface area is 97.9 Å². The van der Waals surface area contributed by atoms with Crippen molar-refractivity contribution in [3.8, 4) is 0 Å². The van der Waals surface area contributed by atoms with E-state index in [1.54, 1.807) is 7.11 Å². The first kappa shape index (κ1) is 13.3. The Bertz CT molecular complexity index is 154. The van der Waals surface area contributed by atoms with Crippen molar-refractivity contribution in [2.45, 2.75) is 19.3 Å². The highest BCUT2D eigenvalue weighted by atomic mass is 32.1. The van der Waals surface area contributed by atoms with Gasteiger partial charge in [0.25, 0.3) is 0 Å². The number of ether oxygens (including phenoxy) is 3. The lowest BCUT2D eigenvalue weighted by molar-refractivity contribution is -0.0221. The molecule has 0 saturated heterocycles. The maximum atomic E-state index is 5.60. The van der Waals surface area contributed by atoms with Crippen molar-refractivity contribution in [3.05, 3.63) is 0 Å². The van der Waals surface area contributed by atoms with Gasteiger partial charge in [0.1, 0.15) is 0 Å². The fraction of sp³-hybridized carbons (Fsp3) is 1.00. The molecule has 1 fully saturated rings. The molecule has 0 aliphatic heterocycles. The zero-order chi connectivity index (χ0) is 11.0. The van der Waals surface area contributed by atoms with Crippen LogP contribution in [0.15, 0.2) is 0 Å². The van der Waals surface area contributed by atoms with Gasteiger partial charge in [-0.25, -0.2) is 0 Å². The summed E-state index contributed by atoms with van der Waals surface area (Å²) in [7, 11) is 1.67. The van der Waals surface area contributed by atoms with Crippen LogP contribution in [-0.2, 0) is 14.2 Å². The first-order chi connectivity index (χ1) is 7.33. The van der Waals surface area contributed by atoms with Crippen LogP contribution in [0.25, 0.3) is 0 Å². The highest BCUT2D eigenvalue weighted by Gasteiger charge is 2.35. The van der Waals surface area contributed by atoms with Crippen molar-refractivity contribution < 1.29 is 14.2 Å². The van der Waals surface area contributed by atoms with Crippen LogP contribution in [-0.4, -0.2) is 45.9 Å². The van der Waals surface area contributed by atoms with Crippen molar-refractivity contribution in [3.63, 3.8) is 0 Å². The molecule has 0 bridgehead atoms. The predicted molar refractivity (Wildman–Crippen MR) is 63.7 cm³/mol. The Kier molecular flexibility index (Phi) is 6.64. The molecule has 1 saturated carbocycles. The molecule has 0 atom stereocenters. The molecule has 3 nitrogen and oxygen atoms in total. The van der Waals surface area contributed by atoms with Gasteiger partial charge in [-0.2, -0.15) is 12.6 Å². The lowest BCUT2D eigenvalue weighted by Crippen LogP contribution is -2.36. The summed E-state index contributed by atoms with van der Waals surface area (Å²) in [6, 6.07) is 0. The number of methoxy groups -OCH3 is 1. The van der Waals surface area contributed by atoms with Gasteiger partial charge in [-0.3, -0.25) is 0 Å². The maximum Gasteiger partial charge on any atom is 0.0701 e. The minimum absolute atomic E-state index is 0.371. The number of rotatable bonds is 9. The van der Waals surface area contributed by atoms with Crippen LogP contribution in [0.3, 0.4) is 0 Å². The van der Waals surface area contributed by atoms with Crippen molar-refractivity contribution in [2.75, 3.05) is 45.9 Å². The van der Waals surface area contributed by atoms with Gasteiger partial charge in [0.15, 0.2) is 0 Å². The summed E-state index contributed by atoms with van der Waals surface area (Å²) in [5.74, 6) is 0.942. The Morgan fingerprint density at radius 1 is 1.07 bits per heavy atom. The fourth-order valence-electron chi connectivity index (χ4n) is 1.68. The molecule has 0 aromatic carbocycles. The van der Waals surface area contributed by atoms with Crippen LogP contribution in [0.4, 0.5) is 0 Å². The van der Waals surface area contributed by atoms with Gasteiger partial charge < -0.3 is 14.2 Å². The van der Waals surface area contributed by atoms with Crippen LogP contribution in [0.1, 0.15) is 19.3 Å². The maximum absolute atomic E-state index is 5.60. The van der Waals surface area contributed by atoms with Gasteiger partial charge >= 0.3 is 0 Å². The molecule has 90 valence electrons. The van der Waals surface area contributed by atoms with Gasteiger partial charge in [-0.1, -0.05) is 6.42 Å². The van der Waals surface area contributed by atoms with E-state index in [2.05, 4.69) is 12.6 Å². The minimum Gasteiger partial charge on any atom is -0.382 e. The molecule has 15 heavy (non-hydrogen) atoms. The molecule has 1 rings (SSSR count). The first-order valence-corrected chi connectivity index (χ1v) is 6.21. The number of hydrogen-bond acceptors (Lipinski definition) is 4. The summed E-state index contributed by atoms with van der Waals surface area (Å²) < 4.78 is 15.8. The average molecular weight is 234 g/mol.